The first-order valence-corrected chi connectivity index (χ1v) is 11.8. The van der Waals surface area contributed by atoms with Crippen LogP contribution in [-0.2, 0) is 0 Å². The normalized spacial score (nSPS) is 12.0. The molecule has 0 radical (unpaired) electrons. The highest BCUT2D eigenvalue weighted by Gasteiger charge is 2.27. The van der Waals surface area contributed by atoms with Crippen molar-refractivity contribution in [2.24, 2.45) is 0 Å². The molecule has 3 rings (SSSR count). The maximum atomic E-state index is 12.9. The SMILES string of the molecule is CCCCCCCCCCOc1ccc2c(c1)C(=O)c1cc(OCCCC)ccc1-2. The molecule has 0 aromatic heterocycles. The first-order valence-electron chi connectivity index (χ1n) is 11.8. The second-order valence-electron chi connectivity index (χ2n) is 8.27. The van der Waals surface area contributed by atoms with Gasteiger partial charge in [-0.25, -0.2) is 0 Å². The molecule has 3 heteroatoms. The van der Waals surface area contributed by atoms with E-state index in [0.717, 1.165) is 53.0 Å². The summed E-state index contributed by atoms with van der Waals surface area (Å²) >= 11 is 0. The highest BCUT2D eigenvalue weighted by atomic mass is 16.5. The molecule has 30 heavy (non-hydrogen) atoms. The summed E-state index contributed by atoms with van der Waals surface area (Å²) in [4.78, 5) is 12.9. The Morgan fingerprint density at radius 1 is 0.567 bits per heavy atom. The summed E-state index contributed by atoms with van der Waals surface area (Å²) in [5.74, 6) is 1.63. The fourth-order valence-corrected chi connectivity index (χ4v) is 3.98. The third kappa shape index (κ3) is 5.87. The summed E-state index contributed by atoms with van der Waals surface area (Å²) < 4.78 is 11.7. The molecule has 0 saturated heterocycles. The van der Waals surface area contributed by atoms with Crippen molar-refractivity contribution in [3.8, 4) is 22.6 Å². The van der Waals surface area contributed by atoms with Crippen LogP contribution in [0.5, 0.6) is 11.5 Å². The van der Waals surface area contributed by atoms with Gasteiger partial charge < -0.3 is 9.47 Å². The van der Waals surface area contributed by atoms with Gasteiger partial charge in [-0.2, -0.15) is 0 Å². The van der Waals surface area contributed by atoms with Crippen LogP contribution in [0.25, 0.3) is 11.1 Å². The van der Waals surface area contributed by atoms with Gasteiger partial charge in [-0.05, 0) is 60.4 Å². The fourth-order valence-electron chi connectivity index (χ4n) is 3.98. The fraction of sp³-hybridized carbons (Fsp3) is 0.519. The van der Waals surface area contributed by atoms with Gasteiger partial charge in [0.15, 0.2) is 5.78 Å². The highest BCUT2D eigenvalue weighted by molar-refractivity contribution is 6.22. The molecule has 1 aliphatic rings. The third-order valence-corrected chi connectivity index (χ3v) is 5.79. The minimum atomic E-state index is 0.0680. The van der Waals surface area contributed by atoms with Gasteiger partial charge in [-0.3, -0.25) is 4.79 Å². The summed E-state index contributed by atoms with van der Waals surface area (Å²) in [5.41, 5.74) is 3.46. The molecule has 0 unspecified atom stereocenters. The summed E-state index contributed by atoms with van der Waals surface area (Å²) in [6.07, 6.45) is 12.4. The third-order valence-electron chi connectivity index (χ3n) is 5.79. The van der Waals surface area contributed by atoms with Crippen molar-refractivity contribution >= 4 is 5.78 Å². The predicted molar refractivity (Wildman–Crippen MR) is 124 cm³/mol. The van der Waals surface area contributed by atoms with E-state index in [1.807, 2.05) is 36.4 Å². The largest absolute Gasteiger partial charge is 0.494 e. The van der Waals surface area contributed by atoms with Crippen LogP contribution in [0.3, 0.4) is 0 Å². The lowest BCUT2D eigenvalue weighted by atomic mass is 10.1. The molecule has 0 fully saturated rings. The van der Waals surface area contributed by atoms with Crippen molar-refractivity contribution < 1.29 is 14.3 Å². The molecule has 0 N–H and O–H groups in total. The van der Waals surface area contributed by atoms with Gasteiger partial charge >= 0.3 is 0 Å². The number of rotatable bonds is 14. The van der Waals surface area contributed by atoms with Gasteiger partial charge in [-0.1, -0.05) is 65.2 Å². The number of fused-ring (bicyclic) bond motifs is 3. The van der Waals surface area contributed by atoms with Gasteiger partial charge in [0.1, 0.15) is 11.5 Å². The molecular formula is C27H36O3. The van der Waals surface area contributed by atoms with Crippen LogP contribution < -0.4 is 9.47 Å². The van der Waals surface area contributed by atoms with E-state index in [2.05, 4.69) is 13.8 Å². The highest BCUT2D eigenvalue weighted by Crippen LogP contribution is 2.39. The molecule has 3 nitrogen and oxygen atoms in total. The zero-order valence-electron chi connectivity index (χ0n) is 18.7. The number of hydrogen-bond acceptors (Lipinski definition) is 3. The van der Waals surface area contributed by atoms with E-state index in [4.69, 9.17) is 9.47 Å². The van der Waals surface area contributed by atoms with Crippen LogP contribution >= 0.6 is 0 Å². The average Bonchev–Trinajstić information content (AvgIpc) is 3.04. The molecule has 0 saturated carbocycles. The number of carbonyl (C=O) groups is 1. The Bertz CT molecular complexity index is 825. The second-order valence-corrected chi connectivity index (χ2v) is 8.27. The van der Waals surface area contributed by atoms with Crippen molar-refractivity contribution in [2.75, 3.05) is 13.2 Å². The molecular weight excluding hydrogens is 372 g/mol. The van der Waals surface area contributed by atoms with Crippen molar-refractivity contribution in [2.45, 2.75) is 78.1 Å². The van der Waals surface area contributed by atoms with E-state index >= 15 is 0 Å². The molecule has 0 heterocycles. The van der Waals surface area contributed by atoms with Gasteiger partial charge in [-0.15, -0.1) is 0 Å². The lowest BCUT2D eigenvalue weighted by Crippen LogP contribution is -2.00. The Morgan fingerprint density at radius 3 is 1.57 bits per heavy atom. The number of hydrogen-bond donors (Lipinski definition) is 0. The molecule has 0 spiro atoms. The van der Waals surface area contributed by atoms with E-state index in [1.165, 1.54) is 44.9 Å². The van der Waals surface area contributed by atoms with Crippen LogP contribution in [0.2, 0.25) is 0 Å². The van der Waals surface area contributed by atoms with E-state index < -0.39 is 0 Å². The zero-order valence-corrected chi connectivity index (χ0v) is 18.7. The summed E-state index contributed by atoms with van der Waals surface area (Å²) in [6, 6.07) is 11.7. The quantitative estimate of drug-likeness (QED) is 0.258. The maximum Gasteiger partial charge on any atom is 0.194 e. The summed E-state index contributed by atoms with van der Waals surface area (Å²) in [7, 11) is 0. The minimum Gasteiger partial charge on any atom is -0.494 e. The smallest absolute Gasteiger partial charge is 0.194 e. The van der Waals surface area contributed by atoms with Crippen LogP contribution in [0.4, 0.5) is 0 Å². The van der Waals surface area contributed by atoms with Crippen molar-refractivity contribution in [3.05, 3.63) is 47.5 Å². The molecule has 0 atom stereocenters. The Kier molecular flexibility index (Phi) is 8.80. The average molecular weight is 409 g/mol. The van der Waals surface area contributed by atoms with E-state index in [9.17, 15) is 4.79 Å². The molecule has 0 bridgehead atoms. The molecule has 1 aliphatic carbocycles. The summed E-state index contributed by atoms with van der Waals surface area (Å²) in [6.45, 7) is 5.79. The lowest BCUT2D eigenvalue weighted by Gasteiger charge is -2.08. The first kappa shape index (κ1) is 22.4. The van der Waals surface area contributed by atoms with Crippen molar-refractivity contribution in [3.63, 3.8) is 0 Å². The van der Waals surface area contributed by atoms with Crippen LogP contribution in [0.1, 0.15) is 94.0 Å². The Balaban J connectivity index is 1.49. The van der Waals surface area contributed by atoms with Crippen molar-refractivity contribution in [1.29, 1.82) is 0 Å². The second kappa shape index (κ2) is 11.8. The van der Waals surface area contributed by atoms with Crippen LogP contribution in [-0.4, -0.2) is 19.0 Å². The minimum absolute atomic E-state index is 0.0680. The molecule has 0 aliphatic heterocycles. The zero-order chi connectivity index (χ0) is 21.2. The van der Waals surface area contributed by atoms with Crippen LogP contribution in [0.15, 0.2) is 36.4 Å². The molecule has 2 aromatic rings. The van der Waals surface area contributed by atoms with Gasteiger partial charge in [0.05, 0.1) is 13.2 Å². The van der Waals surface area contributed by atoms with Gasteiger partial charge in [0, 0.05) is 11.1 Å². The molecule has 0 amide bonds. The summed E-state index contributed by atoms with van der Waals surface area (Å²) in [5, 5.41) is 0. The van der Waals surface area contributed by atoms with E-state index in [1.54, 1.807) is 0 Å². The predicted octanol–water partition coefficient (Wildman–Crippen LogP) is 7.60. The number of carbonyl (C=O) groups excluding carboxylic acids is 1. The number of unbranched alkanes of at least 4 members (excludes halogenated alkanes) is 8. The first-order chi connectivity index (χ1) is 14.7. The van der Waals surface area contributed by atoms with Gasteiger partial charge in [0.25, 0.3) is 0 Å². The number of ketones is 1. The Morgan fingerprint density at radius 2 is 1.03 bits per heavy atom. The Hall–Kier alpha value is -2.29. The number of ether oxygens (including phenoxy) is 2. The monoisotopic (exact) mass is 408 g/mol. The van der Waals surface area contributed by atoms with E-state index in [-0.39, 0.29) is 5.78 Å². The maximum absolute atomic E-state index is 12.9. The Labute approximate surface area is 181 Å². The van der Waals surface area contributed by atoms with Gasteiger partial charge in [0.2, 0.25) is 0 Å². The lowest BCUT2D eigenvalue weighted by molar-refractivity contribution is 0.104. The van der Waals surface area contributed by atoms with E-state index in [0.29, 0.717) is 13.2 Å². The molecule has 162 valence electrons. The molecule has 2 aromatic carbocycles. The standard InChI is InChI=1S/C27H36O3/c1-3-5-7-8-9-10-11-12-18-30-22-14-16-24-23-15-13-21(29-17-6-4-2)19-25(23)27(28)26(24)20-22/h13-16,19-20H,3-12,17-18H2,1-2H3. The topological polar surface area (TPSA) is 35.5 Å². The number of benzene rings is 2. The van der Waals surface area contributed by atoms with Crippen molar-refractivity contribution in [1.82, 2.24) is 0 Å². The van der Waals surface area contributed by atoms with Crippen LogP contribution in [0, 0.1) is 0 Å².